The minimum absolute atomic E-state index is 0.722. The predicted molar refractivity (Wildman–Crippen MR) is 101 cm³/mol. The molecule has 0 aliphatic rings. The van der Waals surface area contributed by atoms with Crippen molar-refractivity contribution in [3.63, 3.8) is 0 Å². The number of benzene rings is 1. The van der Waals surface area contributed by atoms with Crippen molar-refractivity contribution in [3.05, 3.63) is 69.4 Å². The predicted octanol–water partition coefficient (Wildman–Crippen LogP) is 4.77. The largest absolute Gasteiger partial charge is 0.302 e. The third-order valence-electron chi connectivity index (χ3n) is 3.43. The molecular weight excluding hydrogens is 360 g/mol. The van der Waals surface area contributed by atoms with Gasteiger partial charge in [-0.05, 0) is 24.6 Å². The maximum Gasteiger partial charge on any atom is 0.191 e. The Bertz CT molecular complexity index is 823. The lowest BCUT2D eigenvalue weighted by Gasteiger charge is -2.03. The molecule has 0 radical (unpaired) electrons. The fourth-order valence-electron chi connectivity index (χ4n) is 2.22. The Morgan fingerprint density at radius 3 is 2.83 bits per heavy atom. The van der Waals surface area contributed by atoms with E-state index < -0.39 is 0 Å². The summed E-state index contributed by atoms with van der Waals surface area (Å²) in [5.74, 6) is 1.69. The number of thiazole rings is 1. The summed E-state index contributed by atoms with van der Waals surface area (Å²) >= 11 is 9.26. The van der Waals surface area contributed by atoms with Crippen LogP contribution in [0.5, 0.6) is 0 Å². The van der Waals surface area contributed by atoms with Gasteiger partial charge in [-0.2, -0.15) is 0 Å². The summed E-state index contributed by atoms with van der Waals surface area (Å²) in [6.45, 7) is 6.45. The summed E-state index contributed by atoms with van der Waals surface area (Å²) in [6, 6.07) is 7.91. The van der Waals surface area contributed by atoms with E-state index in [9.17, 15) is 0 Å². The molecule has 0 atom stereocenters. The molecule has 4 nitrogen and oxygen atoms in total. The molecule has 0 saturated heterocycles. The Labute approximate surface area is 154 Å². The van der Waals surface area contributed by atoms with Crippen LogP contribution in [0.1, 0.15) is 22.1 Å². The molecule has 0 N–H and O–H groups in total. The van der Waals surface area contributed by atoms with Gasteiger partial charge in [-0.25, -0.2) is 4.98 Å². The van der Waals surface area contributed by atoms with Gasteiger partial charge in [-0.3, -0.25) is 0 Å². The zero-order valence-electron chi connectivity index (χ0n) is 13.3. The lowest BCUT2D eigenvalue weighted by Crippen LogP contribution is -2.00. The number of hydrogen-bond donors (Lipinski definition) is 0. The first-order valence-electron chi connectivity index (χ1n) is 7.47. The van der Waals surface area contributed by atoms with Crippen molar-refractivity contribution in [2.24, 2.45) is 0 Å². The second kappa shape index (κ2) is 7.96. The molecule has 0 fully saturated rings. The molecule has 3 rings (SSSR count). The van der Waals surface area contributed by atoms with Crippen molar-refractivity contribution >= 4 is 34.7 Å². The van der Waals surface area contributed by atoms with Gasteiger partial charge in [0.25, 0.3) is 0 Å². The SMILES string of the molecule is C=CCn1c(C)nnc1SCc1csc(Cc2ccc(Cl)cc2)n1. The van der Waals surface area contributed by atoms with Gasteiger partial charge in [0.05, 0.1) is 10.7 Å². The Morgan fingerprint density at radius 1 is 1.29 bits per heavy atom. The van der Waals surface area contributed by atoms with Crippen LogP contribution >= 0.6 is 34.7 Å². The maximum atomic E-state index is 5.92. The second-order valence-corrected chi connectivity index (χ2v) is 7.58. The van der Waals surface area contributed by atoms with E-state index in [-0.39, 0.29) is 0 Å². The van der Waals surface area contributed by atoms with Crippen molar-refractivity contribution in [2.45, 2.75) is 30.8 Å². The smallest absolute Gasteiger partial charge is 0.191 e. The Balaban J connectivity index is 1.62. The van der Waals surface area contributed by atoms with E-state index in [1.807, 2.05) is 37.3 Å². The van der Waals surface area contributed by atoms with E-state index >= 15 is 0 Å². The molecule has 0 unspecified atom stereocenters. The molecule has 0 saturated carbocycles. The molecule has 2 heterocycles. The van der Waals surface area contributed by atoms with Gasteiger partial charge in [0, 0.05) is 29.1 Å². The van der Waals surface area contributed by atoms with Gasteiger partial charge in [0.1, 0.15) is 5.82 Å². The van der Waals surface area contributed by atoms with Crippen LogP contribution < -0.4 is 0 Å². The van der Waals surface area contributed by atoms with Crippen molar-refractivity contribution in [3.8, 4) is 0 Å². The Hall–Kier alpha value is -1.63. The van der Waals surface area contributed by atoms with Crippen LogP contribution in [0.4, 0.5) is 0 Å². The first-order valence-corrected chi connectivity index (χ1v) is 9.71. The first-order chi connectivity index (χ1) is 11.7. The van der Waals surface area contributed by atoms with Gasteiger partial charge in [-0.1, -0.05) is 41.6 Å². The summed E-state index contributed by atoms with van der Waals surface area (Å²) in [5.41, 5.74) is 2.29. The van der Waals surface area contributed by atoms with Gasteiger partial charge >= 0.3 is 0 Å². The normalized spacial score (nSPS) is 10.9. The first kappa shape index (κ1) is 17.2. The average Bonchev–Trinajstić information content (AvgIpc) is 3.16. The summed E-state index contributed by atoms with van der Waals surface area (Å²) < 4.78 is 2.05. The number of hydrogen-bond acceptors (Lipinski definition) is 5. The Kier molecular flexibility index (Phi) is 5.71. The molecular formula is C17H17ClN4S2. The number of halogens is 1. The summed E-state index contributed by atoms with van der Waals surface area (Å²) in [4.78, 5) is 4.71. The molecule has 2 aromatic heterocycles. The highest BCUT2D eigenvalue weighted by atomic mass is 35.5. The average molecular weight is 377 g/mol. The third-order valence-corrected chi connectivity index (χ3v) is 5.58. The molecule has 0 aliphatic heterocycles. The van der Waals surface area contributed by atoms with Crippen molar-refractivity contribution in [1.29, 1.82) is 0 Å². The number of thioether (sulfide) groups is 1. The topological polar surface area (TPSA) is 43.6 Å². The fourth-order valence-corrected chi connectivity index (χ4v) is 4.16. The minimum atomic E-state index is 0.722. The monoisotopic (exact) mass is 376 g/mol. The molecule has 124 valence electrons. The van der Waals surface area contributed by atoms with E-state index in [1.165, 1.54) is 5.56 Å². The molecule has 1 aromatic carbocycles. The Morgan fingerprint density at radius 2 is 2.08 bits per heavy atom. The van der Waals surface area contributed by atoms with Crippen LogP contribution in [0.2, 0.25) is 5.02 Å². The molecule has 0 aliphatic carbocycles. The molecule has 0 spiro atoms. The zero-order chi connectivity index (χ0) is 16.9. The van der Waals surface area contributed by atoms with Crippen LogP contribution in [-0.2, 0) is 18.7 Å². The molecule has 7 heteroatoms. The fraction of sp³-hybridized carbons (Fsp3) is 0.235. The number of nitrogens with zero attached hydrogens (tertiary/aromatic N) is 4. The second-order valence-electron chi connectivity index (χ2n) is 5.25. The van der Waals surface area contributed by atoms with E-state index in [0.29, 0.717) is 0 Å². The molecule has 3 aromatic rings. The lowest BCUT2D eigenvalue weighted by molar-refractivity contribution is 0.703. The maximum absolute atomic E-state index is 5.92. The minimum Gasteiger partial charge on any atom is -0.302 e. The molecule has 0 bridgehead atoms. The van der Waals surface area contributed by atoms with Crippen molar-refractivity contribution in [2.75, 3.05) is 0 Å². The van der Waals surface area contributed by atoms with E-state index in [0.717, 1.165) is 45.4 Å². The highest BCUT2D eigenvalue weighted by Crippen LogP contribution is 2.24. The quantitative estimate of drug-likeness (QED) is 0.440. The van der Waals surface area contributed by atoms with E-state index in [4.69, 9.17) is 16.6 Å². The third kappa shape index (κ3) is 4.26. The highest BCUT2D eigenvalue weighted by Gasteiger charge is 2.10. The van der Waals surface area contributed by atoms with Gasteiger partial charge in [0.2, 0.25) is 0 Å². The van der Waals surface area contributed by atoms with Crippen LogP contribution in [0.3, 0.4) is 0 Å². The van der Waals surface area contributed by atoms with Crippen LogP contribution in [-0.4, -0.2) is 19.7 Å². The number of rotatable bonds is 7. The lowest BCUT2D eigenvalue weighted by atomic mass is 10.2. The summed E-state index contributed by atoms with van der Waals surface area (Å²) in [6.07, 6.45) is 2.69. The highest BCUT2D eigenvalue weighted by molar-refractivity contribution is 7.98. The molecule has 24 heavy (non-hydrogen) atoms. The zero-order valence-corrected chi connectivity index (χ0v) is 15.7. The summed E-state index contributed by atoms with van der Waals surface area (Å²) in [5, 5.41) is 13.2. The van der Waals surface area contributed by atoms with Gasteiger partial charge in [-0.15, -0.1) is 28.1 Å². The van der Waals surface area contributed by atoms with Gasteiger partial charge in [0.15, 0.2) is 5.16 Å². The standard InChI is InChI=1S/C17H17ClN4S2/c1-3-8-22-12(2)20-21-17(22)24-11-15-10-23-16(19-15)9-13-4-6-14(18)7-5-13/h3-7,10H,1,8-9,11H2,2H3. The molecule has 0 amide bonds. The van der Waals surface area contributed by atoms with Crippen LogP contribution in [0, 0.1) is 6.92 Å². The number of aromatic nitrogens is 4. The van der Waals surface area contributed by atoms with Crippen molar-refractivity contribution < 1.29 is 0 Å². The van der Waals surface area contributed by atoms with Crippen LogP contribution in [0.15, 0.2) is 47.5 Å². The number of aryl methyl sites for hydroxylation is 1. The van der Waals surface area contributed by atoms with Crippen molar-refractivity contribution in [1.82, 2.24) is 19.7 Å². The van der Waals surface area contributed by atoms with E-state index in [2.05, 4.69) is 26.7 Å². The van der Waals surface area contributed by atoms with Gasteiger partial charge < -0.3 is 4.57 Å². The number of allylic oxidation sites excluding steroid dienone is 1. The van der Waals surface area contributed by atoms with E-state index in [1.54, 1.807) is 23.1 Å². The van der Waals surface area contributed by atoms with Crippen LogP contribution in [0.25, 0.3) is 0 Å². The summed E-state index contributed by atoms with van der Waals surface area (Å²) in [7, 11) is 0.